The summed E-state index contributed by atoms with van der Waals surface area (Å²) in [4.78, 5) is 10.9. The molecule has 11 heteroatoms. The van der Waals surface area contributed by atoms with Crippen LogP contribution in [-0.2, 0) is 12.4 Å². The number of nitrogens with zero attached hydrogens (tertiary/aromatic N) is 2. The van der Waals surface area contributed by atoms with E-state index in [0.29, 0.717) is 11.1 Å². The fourth-order valence-corrected chi connectivity index (χ4v) is 3.63. The first-order chi connectivity index (χ1) is 14.4. The number of halogens is 8. The Balaban J connectivity index is 1.75. The van der Waals surface area contributed by atoms with Crippen molar-refractivity contribution in [2.45, 2.75) is 12.4 Å². The maximum Gasteiger partial charge on any atom is 0.417 e. The van der Waals surface area contributed by atoms with Gasteiger partial charge in [-0.1, -0.05) is 29.3 Å². The van der Waals surface area contributed by atoms with Gasteiger partial charge >= 0.3 is 12.4 Å². The van der Waals surface area contributed by atoms with Crippen LogP contribution in [0.3, 0.4) is 0 Å². The Bertz CT molecular complexity index is 1290. The van der Waals surface area contributed by atoms with Crippen molar-refractivity contribution in [3.63, 3.8) is 0 Å². The SMILES string of the molecule is FC(F)(F)c1ccc2nc(-c3ccc(-c4nccc(C(F)(F)F)c4Cl)cc3Cl)[nH]c2c1. The number of benzene rings is 2. The largest absolute Gasteiger partial charge is 0.417 e. The topological polar surface area (TPSA) is 41.6 Å². The predicted octanol–water partition coefficient (Wildman–Crippen LogP) is 7.64. The van der Waals surface area contributed by atoms with Crippen molar-refractivity contribution in [1.29, 1.82) is 0 Å². The molecular weight excluding hydrogens is 467 g/mol. The van der Waals surface area contributed by atoms with Crippen molar-refractivity contribution in [2.24, 2.45) is 0 Å². The second kappa shape index (κ2) is 7.42. The first-order valence-corrected chi connectivity index (χ1v) is 9.29. The number of alkyl halides is 6. The summed E-state index contributed by atoms with van der Waals surface area (Å²) in [5, 5.41) is -0.467. The molecule has 31 heavy (non-hydrogen) atoms. The summed E-state index contributed by atoms with van der Waals surface area (Å²) in [5.74, 6) is 0.203. The highest BCUT2D eigenvalue weighted by Crippen LogP contribution is 2.40. The Hall–Kier alpha value is -2.78. The standard InChI is InChI=1S/C20H9Cl2F6N3/c21-13-7-9(17-16(22)12(5-6-29-17)20(26,27)28)1-3-11(13)18-30-14-4-2-10(19(23,24)25)8-15(14)31-18/h1-8H,(H,30,31). The molecule has 0 aliphatic heterocycles. The molecule has 0 aliphatic rings. The van der Waals surface area contributed by atoms with Gasteiger partial charge in [0.05, 0.1) is 37.9 Å². The van der Waals surface area contributed by atoms with Gasteiger partial charge < -0.3 is 4.98 Å². The van der Waals surface area contributed by atoms with Gasteiger partial charge in [0.2, 0.25) is 0 Å². The van der Waals surface area contributed by atoms with E-state index in [1.54, 1.807) is 0 Å². The first kappa shape index (κ1) is 21.5. The van der Waals surface area contributed by atoms with E-state index in [-0.39, 0.29) is 27.6 Å². The van der Waals surface area contributed by atoms with Gasteiger partial charge in [0.1, 0.15) is 5.82 Å². The van der Waals surface area contributed by atoms with E-state index >= 15 is 0 Å². The average Bonchev–Trinajstić information content (AvgIpc) is 3.09. The molecule has 2 aromatic carbocycles. The third kappa shape index (κ3) is 4.07. The van der Waals surface area contributed by atoms with Crippen LogP contribution in [0.5, 0.6) is 0 Å². The molecule has 160 valence electrons. The molecule has 0 amide bonds. The van der Waals surface area contributed by atoms with Crippen LogP contribution in [0.15, 0.2) is 48.7 Å². The van der Waals surface area contributed by atoms with Crippen LogP contribution >= 0.6 is 23.2 Å². The fourth-order valence-electron chi connectivity index (χ4n) is 3.03. The monoisotopic (exact) mass is 475 g/mol. The lowest BCUT2D eigenvalue weighted by atomic mass is 10.1. The number of H-pyrrole nitrogens is 1. The molecule has 0 unspecified atom stereocenters. The molecule has 2 heterocycles. The molecule has 4 rings (SSSR count). The normalized spacial score (nSPS) is 12.5. The summed E-state index contributed by atoms with van der Waals surface area (Å²) in [7, 11) is 0. The average molecular weight is 476 g/mol. The lowest BCUT2D eigenvalue weighted by Crippen LogP contribution is -2.07. The molecule has 1 N–H and O–H groups in total. The number of fused-ring (bicyclic) bond motifs is 1. The van der Waals surface area contributed by atoms with Gasteiger partial charge in [-0.15, -0.1) is 0 Å². The second-order valence-electron chi connectivity index (χ2n) is 6.53. The Morgan fingerprint density at radius 2 is 1.58 bits per heavy atom. The van der Waals surface area contributed by atoms with Crippen molar-refractivity contribution >= 4 is 34.2 Å². The molecule has 0 saturated carbocycles. The lowest BCUT2D eigenvalue weighted by molar-refractivity contribution is -0.138. The molecule has 4 aromatic rings. The minimum absolute atomic E-state index is 0.0999. The van der Waals surface area contributed by atoms with E-state index in [0.717, 1.165) is 24.4 Å². The number of rotatable bonds is 2. The van der Waals surface area contributed by atoms with Gasteiger partial charge in [-0.05, 0) is 36.4 Å². The van der Waals surface area contributed by atoms with Gasteiger partial charge in [0.15, 0.2) is 0 Å². The molecule has 0 aliphatic carbocycles. The molecular formula is C20H9Cl2F6N3. The van der Waals surface area contributed by atoms with Gasteiger partial charge in [-0.2, -0.15) is 26.3 Å². The summed E-state index contributed by atoms with van der Waals surface area (Å²) >= 11 is 12.2. The van der Waals surface area contributed by atoms with E-state index in [2.05, 4.69) is 15.0 Å². The zero-order valence-electron chi connectivity index (χ0n) is 15.0. The number of pyridine rings is 1. The molecule has 0 radical (unpaired) electrons. The number of imidazole rings is 1. The van der Waals surface area contributed by atoms with Crippen molar-refractivity contribution < 1.29 is 26.3 Å². The van der Waals surface area contributed by atoms with Gasteiger partial charge in [0.25, 0.3) is 0 Å². The van der Waals surface area contributed by atoms with E-state index < -0.39 is 28.5 Å². The maximum atomic E-state index is 13.1. The highest BCUT2D eigenvalue weighted by molar-refractivity contribution is 6.35. The second-order valence-corrected chi connectivity index (χ2v) is 7.31. The zero-order chi connectivity index (χ0) is 22.6. The molecule has 0 atom stereocenters. The van der Waals surface area contributed by atoms with Crippen molar-refractivity contribution in [2.75, 3.05) is 0 Å². The van der Waals surface area contributed by atoms with E-state index in [9.17, 15) is 26.3 Å². The van der Waals surface area contributed by atoms with Crippen LogP contribution < -0.4 is 0 Å². The van der Waals surface area contributed by atoms with Gasteiger partial charge in [-0.3, -0.25) is 4.98 Å². The van der Waals surface area contributed by atoms with Crippen LogP contribution in [0.1, 0.15) is 11.1 Å². The number of aromatic nitrogens is 3. The molecule has 2 aromatic heterocycles. The fraction of sp³-hybridized carbons (Fsp3) is 0.100. The molecule has 0 spiro atoms. The Labute approximate surface area is 180 Å². The van der Waals surface area contributed by atoms with Crippen LogP contribution in [0.2, 0.25) is 10.0 Å². The first-order valence-electron chi connectivity index (χ1n) is 8.54. The van der Waals surface area contributed by atoms with E-state index in [1.165, 1.54) is 24.3 Å². The molecule has 0 fully saturated rings. The minimum atomic E-state index is -4.65. The summed E-state index contributed by atoms with van der Waals surface area (Å²) in [6, 6.07) is 8.12. The number of hydrogen-bond acceptors (Lipinski definition) is 2. The Morgan fingerprint density at radius 1 is 0.839 bits per heavy atom. The van der Waals surface area contributed by atoms with Crippen molar-refractivity contribution in [3.8, 4) is 22.6 Å². The third-order valence-corrected chi connectivity index (χ3v) is 5.20. The van der Waals surface area contributed by atoms with Gasteiger partial charge in [-0.25, -0.2) is 4.98 Å². The number of hydrogen-bond donors (Lipinski definition) is 1. The Morgan fingerprint density at radius 3 is 2.23 bits per heavy atom. The van der Waals surface area contributed by atoms with Crippen LogP contribution in [0.4, 0.5) is 26.3 Å². The molecule has 0 bridgehead atoms. The molecule has 0 saturated heterocycles. The smallest absolute Gasteiger partial charge is 0.338 e. The van der Waals surface area contributed by atoms with Crippen LogP contribution in [0.25, 0.3) is 33.7 Å². The quantitative estimate of drug-likeness (QED) is 0.302. The molecule has 3 nitrogen and oxygen atoms in total. The Kier molecular flexibility index (Phi) is 5.13. The maximum absolute atomic E-state index is 13.1. The van der Waals surface area contributed by atoms with Crippen LogP contribution in [0, 0.1) is 0 Å². The summed E-state index contributed by atoms with van der Waals surface area (Å²) in [6.45, 7) is 0. The predicted molar refractivity (Wildman–Crippen MR) is 105 cm³/mol. The van der Waals surface area contributed by atoms with E-state index in [1.807, 2.05) is 0 Å². The van der Waals surface area contributed by atoms with Crippen LogP contribution in [-0.4, -0.2) is 15.0 Å². The highest BCUT2D eigenvalue weighted by Gasteiger charge is 2.34. The highest BCUT2D eigenvalue weighted by atomic mass is 35.5. The third-order valence-electron chi connectivity index (χ3n) is 4.50. The van der Waals surface area contributed by atoms with Gasteiger partial charge in [0, 0.05) is 17.3 Å². The van der Waals surface area contributed by atoms with Crippen molar-refractivity contribution in [3.05, 3.63) is 69.8 Å². The zero-order valence-corrected chi connectivity index (χ0v) is 16.5. The minimum Gasteiger partial charge on any atom is -0.338 e. The number of nitrogens with one attached hydrogen (secondary N) is 1. The summed E-state index contributed by atoms with van der Waals surface area (Å²) in [6.07, 6.45) is -8.17. The lowest BCUT2D eigenvalue weighted by Gasteiger charge is -2.12. The summed E-state index contributed by atoms with van der Waals surface area (Å²) in [5.41, 5.74) is -0.930. The van der Waals surface area contributed by atoms with E-state index in [4.69, 9.17) is 23.2 Å². The summed E-state index contributed by atoms with van der Waals surface area (Å²) < 4.78 is 78.0. The number of aromatic amines is 1. The van der Waals surface area contributed by atoms with Crippen molar-refractivity contribution in [1.82, 2.24) is 15.0 Å².